The van der Waals surface area contributed by atoms with Crippen molar-refractivity contribution in [2.45, 2.75) is 6.92 Å². The summed E-state index contributed by atoms with van der Waals surface area (Å²) in [5.41, 5.74) is 1.49. The minimum atomic E-state index is 0.564. The first-order valence-electron chi connectivity index (χ1n) is 4.06. The van der Waals surface area contributed by atoms with Crippen LogP contribution in [0.4, 0.5) is 0 Å². The Morgan fingerprint density at radius 3 is 2.36 bits per heavy atom. The third kappa shape index (κ3) is 1.63. The highest BCUT2D eigenvalue weighted by molar-refractivity contribution is 6.39. The average Bonchev–Trinajstić information content (AvgIpc) is 2.51. The zero-order valence-corrected chi connectivity index (χ0v) is 8.93. The molecule has 4 heteroatoms. The summed E-state index contributed by atoms with van der Waals surface area (Å²) in [5.74, 6) is 0.595. The minimum Gasteiger partial charge on any atom is -0.356 e. The molecule has 2 nitrogen and oxygen atoms in total. The van der Waals surface area contributed by atoms with Gasteiger partial charge in [-0.2, -0.15) is 0 Å². The first-order valence-corrected chi connectivity index (χ1v) is 4.82. The van der Waals surface area contributed by atoms with Gasteiger partial charge < -0.3 is 4.52 Å². The molecule has 0 aliphatic heterocycles. The summed E-state index contributed by atoms with van der Waals surface area (Å²) in [5, 5.41) is 4.91. The first-order chi connectivity index (χ1) is 6.68. The van der Waals surface area contributed by atoms with Gasteiger partial charge >= 0.3 is 0 Å². The van der Waals surface area contributed by atoms with E-state index in [9.17, 15) is 0 Å². The lowest BCUT2D eigenvalue weighted by Crippen LogP contribution is -1.77. The van der Waals surface area contributed by atoms with Gasteiger partial charge in [0.05, 0.1) is 21.3 Å². The van der Waals surface area contributed by atoms with Crippen LogP contribution in [-0.2, 0) is 0 Å². The van der Waals surface area contributed by atoms with Crippen molar-refractivity contribution in [3.8, 4) is 11.3 Å². The van der Waals surface area contributed by atoms with Crippen LogP contribution in [0.15, 0.2) is 28.8 Å². The lowest BCUT2D eigenvalue weighted by molar-refractivity contribution is 0.427. The quantitative estimate of drug-likeness (QED) is 0.738. The number of rotatable bonds is 1. The van der Waals surface area contributed by atoms with Gasteiger partial charge in [0.2, 0.25) is 0 Å². The predicted octanol–water partition coefficient (Wildman–Crippen LogP) is 3.96. The van der Waals surface area contributed by atoms with Crippen LogP contribution in [0.5, 0.6) is 0 Å². The fourth-order valence-corrected chi connectivity index (χ4v) is 1.80. The zero-order valence-electron chi connectivity index (χ0n) is 7.42. The molecule has 0 saturated carbocycles. The molecule has 72 valence electrons. The van der Waals surface area contributed by atoms with E-state index < -0.39 is 0 Å². The van der Waals surface area contributed by atoms with Crippen molar-refractivity contribution in [1.29, 1.82) is 0 Å². The number of benzene rings is 1. The third-order valence-corrected chi connectivity index (χ3v) is 2.47. The molecule has 0 radical (unpaired) electrons. The molecule has 0 aliphatic rings. The minimum absolute atomic E-state index is 0.564. The standard InChI is InChI=1S/C10H7Cl2NO/c1-6-5-9(14-13-6)10-7(11)3-2-4-8(10)12/h2-5H,1H3. The Kier molecular flexibility index (Phi) is 2.48. The molecule has 0 saturated heterocycles. The third-order valence-electron chi connectivity index (χ3n) is 1.84. The number of aromatic nitrogens is 1. The molecule has 1 aromatic carbocycles. The van der Waals surface area contributed by atoms with Crippen molar-refractivity contribution in [2.24, 2.45) is 0 Å². The average molecular weight is 228 g/mol. The smallest absolute Gasteiger partial charge is 0.170 e. The normalized spacial score (nSPS) is 10.5. The first kappa shape index (κ1) is 9.56. The van der Waals surface area contributed by atoms with Crippen molar-refractivity contribution in [2.75, 3.05) is 0 Å². The van der Waals surface area contributed by atoms with Gasteiger partial charge in [-0.1, -0.05) is 34.4 Å². The second kappa shape index (κ2) is 3.64. The Hall–Kier alpha value is -0.990. The van der Waals surface area contributed by atoms with E-state index in [0.717, 1.165) is 5.69 Å². The molecule has 0 aliphatic carbocycles. The highest BCUT2D eigenvalue weighted by atomic mass is 35.5. The summed E-state index contributed by atoms with van der Waals surface area (Å²) >= 11 is 12.0. The Morgan fingerprint density at radius 2 is 1.86 bits per heavy atom. The largest absolute Gasteiger partial charge is 0.356 e. The van der Waals surface area contributed by atoms with E-state index >= 15 is 0 Å². The van der Waals surface area contributed by atoms with Crippen molar-refractivity contribution >= 4 is 23.2 Å². The lowest BCUT2D eigenvalue weighted by atomic mass is 10.1. The number of hydrogen-bond donors (Lipinski definition) is 0. The second-order valence-corrected chi connectivity index (χ2v) is 3.74. The van der Waals surface area contributed by atoms with Gasteiger partial charge in [0.1, 0.15) is 0 Å². The van der Waals surface area contributed by atoms with Crippen molar-refractivity contribution in [1.82, 2.24) is 5.16 Å². The van der Waals surface area contributed by atoms with Crippen molar-refractivity contribution in [3.63, 3.8) is 0 Å². The molecule has 0 atom stereocenters. The van der Waals surface area contributed by atoms with Crippen LogP contribution in [0, 0.1) is 6.92 Å². The van der Waals surface area contributed by atoms with E-state index in [1.165, 1.54) is 0 Å². The highest BCUT2D eigenvalue weighted by Crippen LogP contribution is 2.34. The monoisotopic (exact) mass is 227 g/mol. The van der Waals surface area contributed by atoms with E-state index in [1.54, 1.807) is 24.3 Å². The fraction of sp³-hybridized carbons (Fsp3) is 0.100. The molecular formula is C10H7Cl2NO. The molecular weight excluding hydrogens is 221 g/mol. The van der Waals surface area contributed by atoms with Gasteiger partial charge in [0.25, 0.3) is 0 Å². The van der Waals surface area contributed by atoms with Crippen LogP contribution < -0.4 is 0 Å². The Balaban J connectivity index is 2.61. The van der Waals surface area contributed by atoms with E-state index in [1.807, 2.05) is 6.92 Å². The zero-order chi connectivity index (χ0) is 10.1. The van der Waals surface area contributed by atoms with Gasteiger partial charge in [-0.3, -0.25) is 0 Å². The van der Waals surface area contributed by atoms with Gasteiger partial charge in [0, 0.05) is 6.07 Å². The van der Waals surface area contributed by atoms with Crippen LogP contribution in [0.3, 0.4) is 0 Å². The molecule has 14 heavy (non-hydrogen) atoms. The van der Waals surface area contributed by atoms with Gasteiger partial charge in [0.15, 0.2) is 5.76 Å². The highest BCUT2D eigenvalue weighted by Gasteiger charge is 2.12. The topological polar surface area (TPSA) is 26.0 Å². The number of nitrogens with zero attached hydrogens (tertiary/aromatic N) is 1. The van der Waals surface area contributed by atoms with E-state index in [-0.39, 0.29) is 0 Å². The Morgan fingerprint density at radius 1 is 1.21 bits per heavy atom. The molecule has 1 heterocycles. The molecule has 2 rings (SSSR count). The molecule has 2 aromatic rings. The summed E-state index contributed by atoms with van der Waals surface area (Å²) in [6, 6.07) is 7.12. The molecule has 0 spiro atoms. The number of hydrogen-bond acceptors (Lipinski definition) is 2. The van der Waals surface area contributed by atoms with Crippen LogP contribution in [0.1, 0.15) is 5.69 Å². The van der Waals surface area contributed by atoms with Crippen LogP contribution in [-0.4, -0.2) is 5.16 Å². The van der Waals surface area contributed by atoms with Crippen molar-refractivity contribution in [3.05, 3.63) is 40.0 Å². The van der Waals surface area contributed by atoms with Crippen LogP contribution >= 0.6 is 23.2 Å². The summed E-state index contributed by atoms with van der Waals surface area (Å²) < 4.78 is 5.09. The fourth-order valence-electron chi connectivity index (χ4n) is 1.21. The summed E-state index contributed by atoms with van der Waals surface area (Å²) in [7, 11) is 0. The van der Waals surface area contributed by atoms with Gasteiger partial charge in [-0.25, -0.2) is 0 Å². The molecule has 0 bridgehead atoms. The molecule has 1 aromatic heterocycles. The maximum absolute atomic E-state index is 6.00. The lowest BCUT2D eigenvalue weighted by Gasteiger charge is -2.01. The molecule has 0 N–H and O–H groups in total. The summed E-state index contributed by atoms with van der Waals surface area (Å²) in [6.45, 7) is 1.84. The number of aryl methyl sites for hydroxylation is 1. The molecule has 0 fully saturated rings. The Labute approximate surface area is 91.4 Å². The van der Waals surface area contributed by atoms with Crippen LogP contribution in [0.25, 0.3) is 11.3 Å². The van der Waals surface area contributed by atoms with Gasteiger partial charge in [-0.05, 0) is 19.1 Å². The van der Waals surface area contributed by atoms with E-state index in [4.69, 9.17) is 27.7 Å². The summed E-state index contributed by atoms with van der Waals surface area (Å²) in [4.78, 5) is 0. The van der Waals surface area contributed by atoms with E-state index in [0.29, 0.717) is 21.4 Å². The maximum atomic E-state index is 6.00. The summed E-state index contributed by atoms with van der Waals surface area (Å²) in [6.07, 6.45) is 0. The SMILES string of the molecule is Cc1cc(-c2c(Cl)cccc2Cl)on1. The van der Waals surface area contributed by atoms with Crippen molar-refractivity contribution < 1.29 is 4.52 Å². The predicted molar refractivity (Wildman–Crippen MR) is 56.7 cm³/mol. The maximum Gasteiger partial charge on any atom is 0.170 e. The molecule has 0 amide bonds. The van der Waals surface area contributed by atoms with Gasteiger partial charge in [-0.15, -0.1) is 0 Å². The molecule has 0 unspecified atom stereocenters. The Bertz CT molecular complexity index is 445. The number of halogens is 2. The van der Waals surface area contributed by atoms with E-state index in [2.05, 4.69) is 5.16 Å². The van der Waals surface area contributed by atoms with Crippen LogP contribution in [0.2, 0.25) is 10.0 Å². The second-order valence-electron chi connectivity index (χ2n) is 2.93.